The van der Waals surface area contributed by atoms with Gasteiger partial charge in [0.15, 0.2) is 12.4 Å². The molecular formula is C15H13N3O4. The summed E-state index contributed by atoms with van der Waals surface area (Å²) in [7, 11) is 0. The molecule has 1 amide bonds. The fraction of sp³-hybridized carbons (Fsp3) is 0.0667. The summed E-state index contributed by atoms with van der Waals surface area (Å²) in [6, 6.07) is 15.1. The smallest absolute Gasteiger partial charge is 0.310 e. The van der Waals surface area contributed by atoms with Crippen LogP contribution in [0.2, 0.25) is 0 Å². The molecule has 2 rings (SSSR count). The highest BCUT2D eigenvalue weighted by Crippen LogP contribution is 2.25. The molecule has 0 spiro atoms. The Hall–Kier alpha value is -3.22. The number of hydrogen-bond acceptors (Lipinski definition) is 5. The van der Waals surface area contributed by atoms with Gasteiger partial charge in [0.1, 0.15) is 0 Å². The first-order valence-corrected chi connectivity index (χ1v) is 6.40. The van der Waals surface area contributed by atoms with Crippen LogP contribution in [0.4, 0.5) is 5.69 Å². The molecule has 2 aromatic rings. The highest BCUT2D eigenvalue weighted by Gasteiger charge is 2.14. The van der Waals surface area contributed by atoms with Crippen molar-refractivity contribution in [1.29, 1.82) is 0 Å². The Balaban J connectivity index is 1.86. The zero-order chi connectivity index (χ0) is 15.8. The summed E-state index contributed by atoms with van der Waals surface area (Å²) in [5.74, 6) is -0.472. The first-order chi connectivity index (χ1) is 10.7. The molecular weight excluding hydrogens is 286 g/mol. The highest BCUT2D eigenvalue weighted by molar-refractivity contribution is 5.82. The molecule has 0 unspecified atom stereocenters. The molecule has 2 aromatic carbocycles. The lowest BCUT2D eigenvalue weighted by atomic mass is 10.2. The SMILES string of the molecule is O=C(COc1ccccc1[N+](=O)[O-])N/N=C/c1ccccc1. The molecule has 0 heterocycles. The van der Waals surface area contributed by atoms with Gasteiger partial charge in [-0.05, 0) is 11.6 Å². The van der Waals surface area contributed by atoms with Gasteiger partial charge >= 0.3 is 5.69 Å². The minimum Gasteiger partial charge on any atom is -0.477 e. The van der Waals surface area contributed by atoms with Gasteiger partial charge in [-0.2, -0.15) is 5.10 Å². The van der Waals surface area contributed by atoms with Crippen molar-refractivity contribution in [2.45, 2.75) is 0 Å². The van der Waals surface area contributed by atoms with E-state index in [2.05, 4.69) is 10.5 Å². The van der Waals surface area contributed by atoms with Crippen molar-refractivity contribution in [2.24, 2.45) is 5.10 Å². The third-order valence-corrected chi connectivity index (χ3v) is 2.62. The van der Waals surface area contributed by atoms with Crippen molar-refractivity contribution >= 4 is 17.8 Å². The highest BCUT2D eigenvalue weighted by atomic mass is 16.6. The van der Waals surface area contributed by atoms with Crippen LogP contribution < -0.4 is 10.2 Å². The molecule has 0 saturated carbocycles. The Morgan fingerprint density at radius 3 is 2.59 bits per heavy atom. The lowest BCUT2D eigenvalue weighted by molar-refractivity contribution is -0.385. The normalized spacial score (nSPS) is 10.4. The summed E-state index contributed by atoms with van der Waals surface area (Å²) in [5.41, 5.74) is 2.93. The number of carbonyl (C=O) groups excluding carboxylic acids is 1. The third kappa shape index (κ3) is 4.41. The minimum atomic E-state index is -0.569. The minimum absolute atomic E-state index is 0.0367. The van der Waals surface area contributed by atoms with Crippen molar-refractivity contribution in [1.82, 2.24) is 5.43 Å². The van der Waals surface area contributed by atoms with Crippen LogP contribution in [0, 0.1) is 10.1 Å². The van der Waals surface area contributed by atoms with E-state index in [0.717, 1.165) is 5.56 Å². The summed E-state index contributed by atoms with van der Waals surface area (Å²) in [6.07, 6.45) is 1.49. The number of benzene rings is 2. The Morgan fingerprint density at radius 2 is 1.86 bits per heavy atom. The molecule has 0 saturated heterocycles. The number of nitro groups is 1. The van der Waals surface area contributed by atoms with Crippen molar-refractivity contribution in [3.63, 3.8) is 0 Å². The Labute approximate surface area is 126 Å². The third-order valence-electron chi connectivity index (χ3n) is 2.62. The number of amides is 1. The topological polar surface area (TPSA) is 93.8 Å². The zero-order valence-corrected chi connectivity index (χ0v) is 11.5. The second-order valence-electron chi connectivity index (χ2n) is 4.22. The van der Waals surface area contributed by atoms with E-state index in [0.29, 0.717) is 0 Å². The van der Waals surface area contributed by atoms with Crippen LogP contribution in [0.15, 0.2) is 59.7 Å². The lowest BCUT2D eigenvalue weighted by Crippen LogP contribution is -2.24. The van der Waals surface area contributed by atoms with E-state index in [9.17, 15) is 14.9 Å². The molecule has 0 aromatic heterocycles. The number of nitro benzene ring substituents is 1. The average Bonchev–Trinajstić information content (AvgIpc) is 2.54. The van der Waals surface area contributed by atoms with Gasteiger partial charge in [0, 0.05) is 6.07 Å². The summed E-state index contributed by atoms with van der Waals surface area (Å²) in [5, 5.41) is 14.6. The van der Waals surface area contributed by atoms with Crippen LogP contribution in [-0.4, -0.2) is 23.7 Å². The average molecular weight is 299 g/mol. The number of hydrogen-bond donors (Lipinski definition) is 1. The van der Waals surface area contributed by atoms with Crippen molar-refractivity contribution in [3.05, 3.63) is 70.3 Å². The van der Waals surface area contributed by atoms with Crippen LogP contribution in [-0.2, 0) is 4.79 Å². The van der Waals surface area contributed by atoms with E-state index in [4.69, 9.17) is 4.74 Å². The van der Waals surface area contributed by atoms with Gasteiger partial charge in [-0.25, -0.2) is 5.43 Å². The Bertz CT molecular complexity index is 686. The number of ether oxygens (including phenoxy) is 1. The molecule has 0 atom stereocenters. The summed E-state index contributed by atoms with van der Waals surface area (Å²) >= 11 is 0. The summed E-state index contributed by atoms with van der Waals surface area (Å²) in [6.45, 7) is -0.364. The van der Waals surface area contributed by atoms with Crippen molar-refractivity contribution < 1.29 is 14.5 Å². The molecule has 0 aliphatic rings. The van der Waals surface area contributed by atoms with Crippen LogP contribution in [0.1, 0.15) is 5.56 Å². The molecule has 0 radical (unpaired) electrons. The number of hydrazone groups is 1. The van der Waals surface area contributed by atoms with Gasteiger partial charge in [0.25, 0.3) is 5.91 Å². The predicted octanol–water partition coefficient (Wildman–Crippen LogP) is 2.12. The van der Waals surface area contributed by atoms with Crippen LogP contribution in [0.3, 0.4) is 0 Å². The number of nitrogens with zero attached hydrogens (tertiary/aromatic N) is 2. The lowest BCUT2D eigenvalue weighted by Gasteiger charge is -2.05. The molecule has 1 N–H and O–H groups in total. The number of rotatable bonds is 6. The first kappa shape index (κ1) is 15.2. The zero-order valence-electron chi connectivity index (χ0n) is 11.5. The van der Waals surface area contributed by atoms with Gasteiger partial charge in [-0.15, -0.1) is 0 Å². The van der Waals surface area contributed by atoms with Gasteiger partial charge < -0.3 is 4.74 Å². The molecule has 7 heteroatoms. The Morgan fingerprint density at radius 1 is 1.18 bits per heavy atom. The molecule has 22 heavy (non-hydrogen) atoms. The fourth-order valence-corrected chi connectivity index (χ4v) is 1.62. The van der Waals surface area contributed by atoms with E-state index in [1.807, 2.05) is 30.3 Å². The fourth-order valence-electron chi connectivity index (χ4n) is 1.62. The largest absolute Gasteiger partial charge is 0.477 e. The van der Waals surface area contributed by atoms with E-state index in [1.54, 1.807) is 6.07 Å². The molecule has 0 bridgehead atoms. The first-order valence-electron chi connectivity index (χ1n) is 6.40. The molecule has 112 valence electrons. The summed E-state index contributed by atoms with van der Waals surface area (Å²) < 4.78 is 5.14. The van der Waals surface area contributed by atoms with Gasteiger partial charge in [0.2, 0.25) is 0 Å². The van der Waals surface area contributed by atoms with E-state index in [-0.39, 0.29) is 18.0 Å². The number of para-hydroxylation sites is 2. The number of carbonyl (C=O) groups is 1. The van der Waals surface area contributed by atoms with Crippen molar-refractivity contribution in [3.8, 4) is 5.75 Å². The quantitative estimate of drug-likeness (QED) is 0.502. The van der Waals surface area contributed by atoms with Gasteiger partial charge in [0.05, 0.1) is 11.1 Å². The van der Waals surface area contributed by atoms with Gasteiger partial charge in [-0.1, -0.05) is 42.5 Å². The predicted molar refractivity (Wildman–Crippen MR) is 80.8 cm³/mol. The second kappa shape index (κ2) is 7.53. The van der Waals surface area contributed by atoms with Crippen LogP contribution in [0.5, 0.6) is 5.75 Å². The van der Waals surface area contributed by atoms with E-state index >= 15 is 0 Å². The number of nitrogens with one attached hydrogen (secondary N) is 1. The van der Waals surface area contributed by atoms with E-state index < -0.39 is 10.8 Å². The summed E-state index contributed by atoms with van der Waals surface area (Å²) in [4.78, 5) is 21.8. The standard InChI is InChI=1S/C15H13N3O4/c19-15(17-16-10-12-6-2-1-3-7-12)11-22-14-9-5-4-8-13(14)18(20)21/h1-10H,11H2,(H,17,19)/b16-10+. The molecule has 7 nitrogen and oxygen atoms in total. The van der Waals surface area contributed by atoms with Crippen molar-refractivity contribution in [2.75, 3.05) is 6.61 Å². The maximum absolute atomic E-state index is 11.6. The van der Waals surface area contributed by atoms with Crippen LogP contribution in [0.25, 0.3) is 0 Å². The molecule has 0 aliphatic carbocycles. The van der Waals surface area contributed by atoms with Crippen LogP contribution >= 0.6 is 0 Å². The monoisotopic (exact) mass is 299 g/mol. The molecule has 0 aliphatic heterocycles. The van der Waals surface area contributed by atoms with Gasteiger partial charge in [-0.3, -0.25) is 14.9 Å². The Kier molecular flexibility index (Phi) is 5.20. The van der Waals surface area contributed by atoms with E-state index in [1.165, 1.54) is 24.4 Å². The molecule has 0 fully saturated rings. The second-order valence-corrected chi connectivity index (χ2v) is 4.22. The maximum Gasteiger partial charge on any atom is 0.310 e. The maximum atomic E-state index is 11.6.